The Hall–Kier alpha value is -1.13. The van der Waals surface area contributed by atoms with Crippen molar-refractivity contribution in [2.75, 3.05) is 11.8 Å². The number of halogens is 1. The van der Waals surface area contributed by atoms with Crippen LogP contribution in [0, 0.1) is 0 Å². The van der Waals surface area contributed by atoms with Crippen LogP contribution < -0.4 is 9.46 Å². The molecule has 10 heteroatoms. The van der Waals surface area contributed by atoms with Crippen LogP contribution in [0.4, 0.5) is 5.95 Å². The lowest BCUT2D eigenvalue weighted by molar-refractivity contribution is 0.382. The van der Waals surface area contributed by atoms with Crippen LogP contribution >= 0.6 is 27.3 Å². The first-order valence-corrected chi connectivity index (χ1v) is 7.35. The summed E-state index contributed by atoms with van der Waals surface area (Å²) in [6, 6.07) is 3.21. The highest BCUT2D eigenvalue weighted by molar-refractivity contribution is 9.11. The van der Waals surface area contributed by atoms with Crippen molar-refractivity contribution in [2.24, 2.45) is 0 Å². The van der Waals surface area contributed by atoms with Crippen LogP contribution in [0.5, 0.6) is 6.01 Å². The van der Waals surface area contributed by atoms with E-state index in [1.807, 2.05) is 0 Å². The molecule has 2 aromatic heterocycles. The summed E-state index contributed by atoms with van der Waals surface area (Å²) in [5.41, 5.74) is 0. The lowest BCUT2D eigenvalue weighted by Crippen LogP contribution is -2.12. The van der Waals surface area contributed by atoms with Gasteiger partial charge < -0.3 is 4.74 Å². The molecule has 7 nitrogen and oxygen atoms in total. The maximum atomic E-state index is 11.9. The quantitative estimate of drug-likeness (QED) is 0.879. The second-order valence-corrected chi connectivity index (χ2v) is 7.21. The molecular formula is C7H7BrN4O3S2. The molecule has 0 unspecified atom stereocenters. The van der Waals surface area contributed by atoms with E-state index in [0.29, 0.717) is 0 Å². The second-order valence-electron chi connectivity index (χ2n) is 2.83. The number of aromatic nitrogens is 3. The molecule has 17 heavy (non-hydrogen) atoms. The number of nitrogens with zero attached hydrogens (tertiary/aromatic N) is 2. The minimum absolute atomic E-state index is 0.00590. The van der Waals surface area contributed by atoms with Gasteiger partial charge in [0.1, 0.15) is 4.21 Å². The second kappa shape index (κ2) is 4.63. The summed E-state index contributed by atoms with van der Waals surface area (Å²) < 4.78 is 31.6. The number of hydrogen-bond donors (Lipinski definition) is 2. The predicted molar refractivity (Wildman–Crippen MR) is 65.8 cm³/mol. The maximum absolute atomic E-state index is 11.9. The molecular weight excluding hydrogens is 332 g/mol. The van der Waals surface area contributed by atoms with Crippen LogP contribution in [0.3, 0.4) is 0 Å². The molecule has 0 amide bonds. The molecule has 0 fully saturated rings. The van der Waals surface area contributed by atoms with E-state index in [0.717, 1.165) is 15.1 Å². The monoisotopic (exact) mass is 338 g/mol. The number of anilines is 1. The fraction of sp³-hybridized carbons (Fsp3) is 0.143. The summed E-state index contributed by atoms with van der Waals surface area (Å²) in [5, 5.41) is 6.03. The van der Waals surface area contributed by atoms with Crippen LogP contribution in [0.1, 0.15) is 0 Å². The van der Waals surface area contributed by atoms with Gasteiger partial charge in [-0.3, -0.25) is 0 Å². The molecule has 2 N–H and O–H groups in total. The highest BCUT2D eigenvalue weighted by Gasteiger charge is 2.18. The van der Waals surface area contributed by atoms with Crippen LogP contribution in [0.2, 0.25) is 0 Å². The lowest BCUT2D eigenvalue weighted by Gasteiger charge is -2.00. The van der Waals surface area contributed by atoms with Gasteiger partial charge in [0.05, 0.1) is 10.9 Å². The Balaban J connectivity index is 2.23. The summed E-state index contributed by atoms with van der Waals surface area (Å²) in [6.45, 7) is 0. The number of methoxy groups -OCH3 is 1. The van der Waals surface area contributed by atoms with Crippen molar-refractivity contribution in [1.29, 1.82) is 0 Å². The zero-order valence-electron chi connectivity index (χ0n) is 8.47. The summed E-state index contributed by atoms with van der Waals surface area (Å²) in [5.74, 6) is 0.00590. The van der Waals surface area contributed by atoms with Crippen molar-refractivity contribution in [2.45, 2.75) is 4.21 Å². The summed E-state index contributed by atoms with van der Waals surface area (Å²) in [7, 11) is -2.25. The third-order valence-electron chi connectivity index (χ3n) is 1.69. The van der Waals surface area contributed by atoms with Gasteiger partial charge in [-0.25, -0.2) is 18.2 Å². The minimum atomic E-state index is -3.64. The van der Waals surface area contributed by atoms with Crippen LogP contribution in [0.15, 0.2) is 20.1 Å². The van der Waals surface area contributed by atoms with E-state index < -0.39 is 10.0 Å². The van der Waals surface area contributed by atoms with Crippen molar-refractivity contribution >= 4 is 43.2 Å². The van der Waals surface area contributed by atoms with Crippen LogP contribution in [0.25, 0.3) is 0 Å². The first-order chi connectivity index (χ1) is 8.01. The van der Waals surface area contributed by atoms with Crippen molar-refractivity contribution in [3.8, 4) is 6.01 Å². The van der Waals surface area contributed by atoms with Gasteiger partial charge in [-0.15, -0.1) is 16.4 Å². The Morgan fingerprint density at radius 1 is 1.53 bits per heavy atom. The first-order valence-electron chi connectivity index (χ1n) is 4.26. The number of sulfonamides is 1. The largest absolute Gasteiger partial charge is 0.466 e. The molecule has 0 bridgehead atoms. The Bertz CT molecular complexity index is 621. The van der Waals surface area contributed by atoms with E-state index in [9.17, 15) is 8.42 Å². The van der Waals surface area contributed by atoms with Crippen molar-refractivity contribution < 1.29 is 13.2 Å². The van der Waals surface area contributed by atoms with Gasteiger partial charge in [0.25, 0.3) is 10.0 Å². The Labute approximate surface area is 109 Å². The molecule has 2 heterocycles. The van der Waals surface area contributed by atoms with E-state index in [4.69, 9.17) is 4.74 Å². The predicted octanol–water partition coefficient (Wildman–Crippen LogP) is 1.44. The molecule has 0 aliphatic heterocycles. The molecule has 2 rings (SSSR count). The van der Waals surface area contributed by atoms with Crippen LogP contribution in [-0.2, 0) is 10.0 Å². The number of H-pyrrole nitrogens is 1. The smallest absolute Gasteiger partial charge is 0.336 e. The third-order valence-corrected chi connectivity index (χ3v) is 5.15. The molecule has 0 radical (unpaired) electrons. The summed E-state index contributed by atoms with van der Waals surface area (Å²) >= 11 is 4.30. The number of ether oxygens (including phenoxy) is 1. The van der Waals surface area contributed by atoms with Gasteiger partial charge in [0.2, 0.25) is 5.95 Å². The molecule has 0 spiro atoms. The molecule has 92 valence electrons. The van der Waals surface area contributed by atoms with Crippen LogP contribution in [-0.4, -0.2) is 30.7 Å². The van der Waals surface area contributed by atoms with E-state index in [2.05, 4.69) is 35.8 Å². The van der Waals surface area contributed by atoms with E-state index >= 15 is 0 Å². The average Bonchev–Trinajstić information content (AvgIpc) is 2.86. The van der Waals surface area contributed by atoms with E-state index in [1.54, 1.807) is 6.07 Å². The van der Waals surface area contributed by atoms with Crippen molar-refractivity contribution in [1.82, 2.24) is 15.2 Å². The summed E-state index contributed by atoms with van der Waals surface area (Å²) in [4.78, 5) is 3.76. The zero-order valence-corrected chi connectivity index (χ0v) is 11.7. The standard InChI is InChI=1S/C7H7BrN4O3S2/c1-15-7-9-6(10-11-7)12-17(13,14)5-3-2-4(8)16-5/h2-3H,1H3,(H2,9,10,11,12). The van der Waals surface area contributed by atoms with Crippen molar-refractivity contribution in [3.63, 3.8) is 0 Å². The number of thiophene rings is 1. The number of rotatable bonds is 4. The molecule has 0 aromatic carbocycles. The molecule has 0 aliphatic carbocycles. The zero-order chi connectivity index (χ0) is 12.5. The van der Waals surface area contributed by atoms with E-state index in [-0.39, 0.29) is 16.2 Å². The first kappa shape index (κ1) is 12.3. The normalized spacial score (nSPS) is 11.4. The van der Waals surface area contributed by atoms with Crippen molar-refractivity contribution in [3.05, 3.63) is 15.9 Å². The maximum Gasteiger partial charge on any atom is 0.336 e. The van der Waals surface area contributed by atoms with Gasteiger partial charge in [0.15, 0.2) is 0 Å². The SMILES string of the molecule is COc1n[nH]c(NS(=O)(=O)c2ccc(Br)s2)n1. The highest BCUT2D eigenvalue weighted by atomic mass is 79.9. The third kappa shape index (κ3) is 2.76. The molecule has 0 saturated carbocycles. The van der Waals surface area contributed by atoms with Gasteiger partial charge in [-0.05, 0) is 28.1 Å². The highest BCUT2D eigenvalue weighted by Crippen LogP contribution is 2.27. The lowest BCUT2D eigenvalue weighted by atomic mass is 10.7. The van der Waals surface area contributed by atoms with E-state index in [1.165, 1.54) is 13.2 Å². The molecule has 0 aliphatic rings. The number of hydrogen-bond acceptors (Lipinski definition) is 6. The summed E-state index contributed by atoms with van der Waals surface area (Å²) in [6.07, 6.45) is 0. The average molecular weight is 339 g/mol. The van der Waals surface area contributed by atoms with Gasteiger partial charge >= 0.3 is 6.01 Å². The minimum Gasteiger partial charge on any atom is -0.466 e. The Morgan fingerprint density at radius 3 is 2.82 bits per heavy atom. The fourth-order valence-electron chi connectivity index (χ4n) is 1.00. The molecule has 0 saturated heterocycles. The van der Waals surface area contributed by atoms with Gasteiger partial charge in [-0.1, -0.05) is 0 Å². The Kier molecular flexibility index (Phi) is 3.35. The topological polar surface area (TPSA) is 97.0 Å². The number of aromatic amines is 1. The molecule has 2 aromatic rings. The number of nitrogens with one attached hydrogen (secondary N) is 2. The Morgan fingerprint density at radius 2 is 2.29 bits per heavy atom. The van der Waals surface area contributed by atoms with Gasteiger partial charge in [0, 0.05) is 0 Å². The molecule has 0 atom stereocenters. The van der Waals surface area contributed by atoms with Gasteiger partial charge in [-0.2, -0.15) is 4.98 Å². The fourth-order valence-corrected chi connectivity index (χ4v) is 3.97.